The number of thiophene rings is 1. The molecule has 0 atom stereocenters. The third-order valence-corrected chi connectivity index (χ3v) is 7.21. The summed E-state index contributed by atoms with van der Waals surface area (Å²) in [4.78, 5) is 21.0. The highest BCUT2D eigenvalue weighted by molar-refractivity contribution is 8.00. The maximum atomic E-state index is 13.3. The Morgan fingerprint density at radius 2 is 2.03 bits per heavy atom. The van der Waals surface area contributed by atoms with Crippen LogP contribution in [0.25, 0.3) is 11.0 Å². The second-order valence-electron chi connectivity index (χ2n) is 7.75. The molecule has 1 aromatic carbocycles. The molecule has 0 aliphatic heterocycles. The molecule has 3 rings (SSSR count). The van der Waals surface area contributed by atoms with Crippen molar-refractivity contribution in [2.75, 3.05) is 12.8 Å². The van der Waals surface area contributed by atoms with Crippen LogP contribution >= 0.6 is 23.1 Å². The highest BCUT2D eigenvalue weighted by atomic mass is 32.2. The van der Waals surface area contributed by atoms with Crippen LogP contribution in [0.1, 0.15) is 55.5 Å². The lowest BCUT2D eigenvalue weighted by molar-refractivity contribution is 0.0734. The van der Waals surface area contributed by atoms with Crippen molar-refractivity contribution >= 4 is 40.0 Å². The molecule has 0 N–H and O–H groups in total. The molecule has 0 aliphatic rings. The smallest absolute Gasteiger partial charge is 0.264 e. The number of thioether (sulfide) groups is 1. The molecule has 2 heterocycles. The van der Waals surface area contributed by atoms with E-state index in [1.807, 2.05) is 29.4 Å². The van der Waals surface area contributed by atoms with Crippen molar-refractivity contribution in [1.82, 2.24) is 14.5 Å². The molecule has 0 saturated carbocycles. The Bertz CT molecular complexity index is 945. The molecule has 0 spiro atoms. The average molecular weight is 430 g/mol. The van der Waals surface area contributed by atoms with Crippen LogP contribution in [0.5, 0.6) is 0 Å². The topological polar surface area (TPSA) is 38.1 Å². The van der Waals surface area contributed by atoms with Crippen LogP contribution in [0.15, 0.2) is 40.6 Å². The number of aryl methyl sites for hydroxylation is 1. The first-order chi connectivity index (χ1) is 14.0. The van der Waals surface area contributed by atoms with Crippen molar-refractivity contribution in [3.63, 3.8) is 0 Å². The monoisotopic (exact) mass is 429 g/mol. The van der Waals surface area contributed by atoms with E-state index in [1.54, 1.807) is 23.1 Å². The SMILES string of the molecule is CCCCn1c(CN(CCC(C)C)C(=O)c2ccc(SC)s2)nc2ccccc21. The first-order valence-electron chi connectivity index (χ1n) is 10.4. The number of nitrogens with zero attached hydrogens (tertiary/aromatic N) is 3. The van der Waals surface area contributed by atoms with E-state index in [4.69, 9.17) is 4.98 Å². The standard InChI is InChI=1S/C23H31N3OS2/c1-5-6-14-26-19-10-8-7-9-18(19)24-21(26)16-25(15-13-17(2)3)23(27)20-11-12-22(28-4)29-20/h7-12,17H,5-6,13-16H2,1-4H3. The normalized spacial score (nSPS) is 11.5. The average Bonchev–Trinajstić information content (AvgIpc) is 3.33. The number of carbonyl (C=O) groups excluding carboxylic acids is 1. The number of imidazole rings is 1. The van der Waals surface area contributed by atoms with Gasteiger partial charge in [-0.05, 0) is 49.3 Å². The van der Waals surface area contributed by atoms with Crippen LogP contribution in [-0.2, 0) is 13.1 Å². The quantitative estimate of drug-likeness (QED) is 0.355. The number of hydrogen-bond donors (Lipinski definition) is 0. The van der Waals surface area contributed by atoms with Crippen LogP contribution in [0, 0.1) is 5.92 Å². The lowest BCUT2D eigenvalue weighted by Crippen LogP contribution is -2.33. The lowest BCUT2D eigenvalue weighted by atomic mass is 10.1. The summed E-state index contributed by atoms with van der Waals surface area (Å²) >= 11 is 3.27. The van der Waals surface area contributed by atoms with E-state index in [1.165, 1.54) is 4.21 Å². The van der Waals surface area contributed by atoms with Gasteiger partial charge >= 0.3 is 0 Å². The molecule has 1 amide bonds. The summed E-state index contributed by atoms with van der Waals surface area (Å²) in [5, 5.41) is 0. The second-order valence-corrected chi connectivity index (χ2v) is 9.94. The highest BCUT2D eigenvalue weighted by Gasteiger charge is 2.21. The van der Waals surface area contributed by atoms with E-state index in [2.05, 4.69) is 43.5 Å². The molecule has 0 fully saturated rings. The van der Waals surface area contributed by atoms with Gasteiger partial charge in [0.25, 0.3) is 5.91 Å². The van der Waals surface area contributed by atoms with Crippen molar-refractivity contribution in [2.24, 2.45) is 5.92 Å². The van der Waals surface area contributed by atoms with E-state index in [-0.39, 0.29) is 5.91 Å². The van der Waals surface area contributed by atoms with E-state index in [0.717, 1.165) is 54.1 Å². The summed E-state index contributed by atoms with van der Waals surface area (Å²) in [6.07, 6.45) is 5.28. The maximum absolute atomic E-state index is 13.3. The number of hydrogen-bond acceptors (Lipinski definition) is 4. The van der Waals surface area contributed by atoms with E-state index < -0.39 is 0 Å². The summed E-state index contributed by atoms with van der Waals surface area (Å²) in [6.45, 7) is 8.86. The fourth-order valence-electron chi connectivity index (χ4n) is 3.35. The molecule has 0 bridgehead atoms. The van der Waals surface area contributed by atoms with Gasteiger partial charge < -0.3 is 9.47 Å². The molecule has 3 aromatic rings. The predicted molar refractivity (Wildman–Crippen MR) is 125 cm³/mol. The minimum atomic E-state index is 0.116. The number of amides is 1. The molecule has 6 heteroatoms. The number of unbranched alkanes of at least 4 members (excludes halogenated alkanes) is 1. The van der Waals surface area contributed by atoms with Gasteiger partial charge in [-0.1, -0.05) is 39.3 Å². The largest absolute Gasteiger partial charge is 0.330 e. The van der Waals surface area contributed by atoms with Crippen molar-refractivity contribution in [2.45, 2.75) is 57.3 Å². The predicted octanol–water partition coefficient (Wildman–Crippen LogP) is 6.31. The first kappa shape index (κ1) is 21.9. The maximum Gasteiger partial charge on any atom is 0.264 e. The van der Waals surface area contributed by atoms with Gasteiger partial charge in [0.1, 0.15) is 5.82 Å². The van der Waals surface area contributed by atoms with E-state index in [0.29, 0.717) is 12.5 Å². The second kappa shape index (κ2) is 10.3. The number of carbonyl (C=O) groups is 1. The molecular weight excluding hydrogens is 398 g/mol. The molecule has 0 radical (unpaired) electrons. The zero-order valence-corrected chi connectivity index (χ0v) is 19.5. The Hall–Kier alpha value is -1.79. The van der Waals surface area contributed by atoms with Gasteiger partial charge in [0.15, 0.2) is 0 Å². The minimum Gasteiger partial charge on any atom is -0.330 e. The Kier molecular flexibility index (Phi) is 7.78. The van der Waals surface area contributed by atoms with Crippen LogP contribution in [0.4, 0.5) is 0 Å². The van der Waals surface area contributed by atoms with Crippen LogP contribution in [0.2, 0.25) is 0 Å². The summed E-state index contributed by atoms with van der Waals surface area (Å²) in [7, 11) is 0. The molecule has 0 unspecified atom stereocenters. The Morgan fingerprint density at radius 1 is 1.24 bits per heavy atom. The Labute approximate surface area is 182 Å². The van der Waals surface area contributed by atoms with Gasteiger partial charge in [-0.3, -0.25) is 4.79 Å². The molecule has 4 nitrogen and oxygen atoms in total. The summed E-state index contributed by atoms with van der Waals surface area (Å²) < 4.78 is 3.48. The number of para-hydroxylation sites is 2. The van der Waals surface area contributed by atoms with Gasteiger partial charge in [-0.2, -0.15) is 0 Å². The lowest BCUT2D eigenvalue weighted by Gasteiger charge is -2.23. The van der Waals surface area contributed by atoms with Crippen LogP contribution < -0.4 is 0 Å². The molecule has 29 heavy (non-hydrogen) atoms. The zero-order chi connectivity index (χ0) is 20.8. The fourth-order valence-corrected chi connectivity index (χ4v) is 4.86. The van der Waals surface area contributed by atoms with Crippen LogP contribution in [0.3, 0.4) is 0 Å². The van der Waals surface area contributed by atoms with Crippen molar-refractivity contribution in [3.05, 3.63) is 47.1 Å². The van der Waals surface area contributed by atoms with Crippen molar-refractivity contribution in [1.29, 1.82) is 0 Å². The third-order valence-electron chi connectivity index (χ3n) is 5.06. The van der Waals surface area contributed by atoms with Gasteiger partial charge in [0.2, 0.25) is 0 Å². The molecule has 0 aliphatic carbocycles. The molecule has 156 valence electrons. The Balaban J connectivity index is 1.91. The number of rotatable bonds is 10. The molecule has 2 aromatic heterocycles. The fraction of sp³-hybridized carbons (Fsp3) is 0.478. The number of aromatic nitrogens is 2. The minimum absolute atomic E-state index is 0.116. The number of benzene rings is 1. The van der Waals surface area contributed by atoms with E-state index >= 15 is 0 Å². The highest BCUT2D eigenvalue weighted by Crippen LogP contribution is 2.27. The summed E-state index contributed by atoms with van der Waals surface area (Å²) in [5.74, 6) is 1.65. The van der Waals surface area contributed by atoms with Crippen molar-refractivity contribution < 1.29 is 4.79 Å². The third kappa shape index (κ3) is 5.43. The Morgan fingerprint density at radius 3 is 2.72 bits per heavy atom. The van der Waals surface area contributed by atoms with Gasteiger partial charge in [-0.15, -0.1) is 23.1 Å². The molecule has 0 saturated heterocycles. The zero-order valence-electron chi connectivity index (χ0n) is 17.9. The summed E-state index contributed by atoms with van der Waals surface area (Å²) in [6, 6.07) is 12.3. The van der Waals surface area contributed by atoms with Crippen molar-refractivity contribution in [3.8, 4) is 0 Å². The van der Waals surface area contributed by atoms with E-state index in [9.17, 15) is 4.79 Å². The van der Waals surface area contributed by atoms with Crippen LogP contribution in [-0.4, -0.2) is 33.2 Å². The van der Waals surface area contributed by atoms with Gasteiger partial charge in [0, 0.05) is 13.1 Å². The van der Waals surface area contributed by atoms with Gasteiger partial charge in [-0.25, -0.2) is 4.98 Å². The number of fused-ring (bicyclic) bond motifs is 1. The summed E-state index contributed by atoms with van der Waals surface area (Å²) in [5.41, 5.74) is 2.17. The molecular formula is C23H31N3OS2. The first-order valence-corrected chi connectivity index (χ1v) is 12.4. The van der Waals surface area contributed by atoms with Gasteiger partial charge in [0.05, 0.1) is 26.7 Å².